The molecule has 2 aromatic heterocycles. The molecule has 0 saturated carbocycles. The van der Waals surface area contributed by atoms with E-state index in [4.69, 9.17) is 5.73 Å². The van der Waals surface area contributed by atoms with Crippen LogP contribution in [0.25, 0.3) is 22.7 Å². The molecular weight excluding hydrogens is 340 g/mol. The maximum absolute atomic E-state index is 11.9. The van der Waals surface area contributed by atoms with Crippen molar-refractivity contribution in [2.24, 2.45) is 5.73 Å². The molecule has 128 valence electrons. The third-order valence-corrected chi connectivity index (χ3v) is 4.14. The van der Waals surface area contributed by atoms with Gasteiger partial charge in [0.1, 0.15) is 5.65 Å². The van der Waals surface area contributed by atoms with Gasteiger partial charge in [-0.25, -0.2) is 13.4 Å². The monoisotopic (exact) mass is 356 g/mol. The number of carbonyl (C=O) groups excluding carboxylic acids is 1. The zero-order valence-corrected chi connectivity index (χ0v) is 14.2. The quantitative estimate of drug-likeness (QED) is 0.606. The van der Waals surface area contributed by atoms with Gasteiger partial charge in [0.2, 0.25) is 15.9 Å². The highest BCUT2D eigenvalue weighted by Crippen LogP contribution is 2.29. The first-order valence-electron chi connectivity index (χ1n) is 7.36. The number of hydrogen-bond acceptors (Lipinski definition) is 4. The normalized spacial score (nSPS) is 12.3. The van der Waals surface area contributed by atoms with E-state index in [9.17, 15) is 13.2 Å². The van der Waals surface area contributed by atoms with Crippen LogP contribution in [0.2, 0.25) is 0 Å². The number of H-pyrrole nitrogens is 1. The number of nitrogens with two attached hydrogens (primary N) is 1. The van der Waals surface area contributed by atoms with Crippen LogP contribution in [-0.2, 0) is 14.8 Å². The Hall–Kier alpha value is -3.13. The van der Waals surface area contributed by atoms with Gasteiger partial charge in [-0.2, -0.15) is 0 Å². The minimum atomic E-state index is -3.46. The summed E-state index contributed by atoms with van der Waals surface area (Å²) in [5.41, 5.74) is 7.98. The largest absolute Gasteiger partial charge is 0.366 e. The number of hydrogen-bond donors (Lipinski definition) is 3. The third-order valence-electron chi connectivity index (χ3n) is 3.55. The van der Waals surface area contributed by atoms with Crippen LogP contribution in [0.5, 0.6) is 0 Å². The molecule has 7 nitrogen and oxygen atoms in total. The predicted molar refractivity (Wildman–Crippen MR) is 98.1 cm³/mol. The first-order valence-corrected chi connectivity index (χ1v) is 9.25. The van der Waals surface area contributed by atoms with Crippen molar-refractivity contribution in [2.45, 2.75) is 0 Å². The summed E-state index contributed by atoms with van der Waals surface area (Å²) in [7, 11) is -3.46. The van der Waals surface area contributed by atoms with E-state index in [0.29, 0.717) is 33.4 Å². The van der Waals surface area contributed by atoms with Crippen LogP contribution in [0.3, 0.4) is 0 Å². The molecule has 0 bridgehead atoms. The van der Waals surface area contributed by atoms with Crippen LogP contribution in [0.4, 0.5) is 5.69 Å². The molecule has 0 fully saturated rings. The third kappa shape index (κ3) is 3.69. The van der Waals surface area contributed by atoms with E-state index >= 15 is 0 Å². The van der Waals surface area contributed by atoms with Crippen molar-refractivity contribution in [3.8, 4) is 0 Å². The summed E-state index contributed by atoms with van der Waals surface area (Å²) in [6.07, 6.45) is 5.83. The predicted octanol–water partition coefficient (Wildman–Crippen LogP) is 1.96. The van der Waals surface area contributed by atoms with Crippen LogP contribution in [0, 0.1) is 0 Å². The number of aromatic nitrogens is 2. The minimum absolute atomic E-state index is 0.315. The van der Waals surface area contributed by atoms with Gasteiger partial charge in [0.25, 0.3) is 0 Å². The molecule has 8 heteroatoms. The summed E-state index contributed by atoms with van der Waals surface area (Å²) >= 11 is 0. The second kappa shape index (κ2) is 6.40. The van der Waals surface area contributed by atoms with Gasteiger partial charge in [-0.1, -0.05) is 30.3 Å². The van der Waals surface area contributed by atoms with E-state index in [1.54, 1.807) is 42.6 Å². The van der Waals surface area contributed by atoms with Gasteiger partial charge in [-0.3, -0.25) is 9.52 Å². The number of anilines is 1. The summed E-state index contributed by atoms with van der Waals surface area (Å²) in [6, 6.07) is 10.6. The number of primary amides is 1. The van der Waals surface area contributed by atoms with Gasteiger partial charge in [-0.05, 0) is 17.7 Å². The molecule has 25 heavy (non-hydrogen) atoms. The number of aromatic amines is 1. The summed E-state index contributed by atoms with van der Waals surface area (Å²) < 4.78 is 25.7. The second-order valence-electron chi connectivity index (χ2n) is 5.49. The highest BCUT2D eigenvalue weighted by Gasteiger charge is 2.14. The molecular formula is C17H16N4O3S. The number of nitrogens with one attached hydrogen (secondary N) is 2. The molecule has 0 saturated heterocycles. The molecule has 0 radical (unpaired) electrons. The lowest BCUT2D eigenvalue weighted by molar-refractivity contribution is -0.112. The van der Waals surface area contributed by atoms with Crippen molar-refractivity contribution < 1.29 is 13.2 Å². The van der Waals surface area contributed by atoms with Crippen molar-refractivity contribution in [1.82, 2.24) is 9.97 Å². The lowest BCUT2D eigenvalue weighted by Crippen LogP contribution is -2.13. The summed E-state index contributed by atoms with van der Waals surface area (Å²) in [5, 5.41) is 0.558. The van der Waals surface area contributed by atoms with E-state index in [2.05, 4.69) is 14.7 Å². The zero-order chi connectivity index (χ0) is 18.0. The molecule has 0 aliphatic heterocycles. The highest BCUT2D eigenvalue weighted by atomic mass is 32.2. The van der Waals surface area contributed by atoms with Crippen LogP contribution in [0.1, 0.15) is 11.1 Å². The topological polar surface area (TPSA) is 118 Å². The zero-order valence-electron chi connectivity index (χ0n) is 13.4. The van der Waals surface area contributed by atoms with E-state index < -0.39 is 15.9 Å². The summed E-state index contributed by atoms with van der Waals surface area (Å²) in [4.78, 5) is 19.0. The smallest absolute Gasteiger partial charge is 0.249 e. The standard InChI is InChI=1S/C17H16N4O3S/c1-25(23,24)21-14-7-8-19-17-15(14)12(10-20-17)9-13(16(18)22)11-5-3-2-4-6-11/h2-10H,1H3,(H2,18,22)(H2,19,20,21). The van der Waals surface area contributed by atoms with Crippen molar-refractivity contribution >= 4 is 44.3 Å². The lowest BCUT2D eigenvalue weighted by atomic mass is 10.0. The Morgan fingerprint density at radius 2 is 1.96 bits per heavy atom. The number of pyridine rings is 1. The molecule has 0 aliphatic rings. The van der Waals surface area contributed by atoms with Crippen molar-refractivity contribution in [3.05, 3.63) is 59.9 Å². The first-order chi connectivity index (χ1) is 11.8. The van der Waals surface area contributed by atoms with Gasteiger partial charge in [0.05, 0.1) is 17.3 Å². The fourth-order valence-electron chi connectivity index (χ4n) is 2.55. The Bertz CT molecular complexity index is 1070. The molecule has 1 amide bonds. The van der Waals surface area contributed by atoms with Crippen LogP contribution in [-0.4, -0.2) is 30.5 Å². The van der Waals surface area contributed by atoms with Gasteiger partial charge in [-0.15, -0.1) is 0 Å². The molecule has 0 spiro atoms. The van der Waals surface area contributed by atoms with Gasteiger partial charge in [0.15, 0.2) is 0 Å². The highest BCUT2D eigenvalue weighted by molar-refractivity contribution is 7.92. The van der Waals surface area contributed by atoms with E-state index in [1.807, 2.05) is 6.07 Å². The van der Waals surface area contributed by atoms with Crippen molar-refractivity contribution in [3.63, 3.8) is 0 Å². The SMILES string of the molecule is CS(=O)(=O)Nc1ccnc2[nH]cc(C=C(C(N)=O)c3ccccc3)c12. The summed E-state index contributed by atoms with van der Waals surface area (Å²) in [5.74, 6) is -0.581. The second-order valence-corrected chi connectivity index (χ2v) is 7.24. The Morgan fingerprint density at radius 3 is 2.60 bits per heavy atom. The molecule has 0 aliphatic carbocycles. The maximum atomic E-state index is 11.9. The molecule has 3 rings (SSSR count). The molecule has 2 heterocycles. The van der Waals surface area contributed by atoms with E-state index in [0.717, 1.165) is 6.26 Å². The first kappa shape index (κ1) is 16.7. The summed E-state index contributed by atoms with van der Waals surface area (Å²) in [6.45, 7) is 0. The number of amides is 1. The minimum Gasteiger partial charge on any atom is -0.366 e. The number of rotatable bonds is 5. The van der Waals surface area contributed by atoms with Crippen LogP contribution < -0.4 is 10.5 Å². The number of sulfonamides is 1. The average Bonchev–Trinajstić information content (AvgIpc) is 2.96. The maximum Gasteiger partial charge on any atom is 0.249 e. The fraction of sp³-hybridized carbons (Fsp3) is 0.0588. The van der Waals surface area contributed by atoms with E-state index in [1.165, 1.54) is 6.20 Å². The Morgan fingerprint density at radius 1 is 1.24 bits per heavy atom. The average molecular weight is 356 g/mol. The van der Waals surface area contributed by atoms with Gasteiger partial charge < -0.3 is 10.7 Å². The van der Waals surface area contributed by atoms with Crippen LogP contribution in [0.15, 0.2) is 48.8 Å². The van der Waals surface area contributed by atoms with Crippen LogP contribution >= 0.6 is 0 Å². The fourth-order valence-corrected chi connectivity index (χ4v) is 3.12. The van der Waals surface area contributed by atoms with Crippen molar-refractivity contribution in [2.75, 3.05) is 11.0 Å². The van der Waals surface area contributed by atoms with Crippen molar-refractivity contribution in [1.29, 1.82) is 0 Å². The Kier molecular flexibility index (Phi) is 4.28. The molecule has 0 atom stereocenters. The molecule has 1 aromatic carbocycles. The lowest BCUT2D eigenvalue weighted by Gasteiger charge is -2.07. The Balaban J connectivity index is 2.20. The number of fused-ring (bicyclic) bond motifs is 1. The number of nitrogens with zero attached hydrogens (tertiary/aromatic N) is 1. The molecule has 4 N–H and O–H groups in total. The number of benzene rings is 1. The number of carbonyl (C=O) groups is 1. The Labute approximate surface area is 144 Å². The van der Waals surface area contributed by atoms with E-state index in [-0.39, 0.29) is 0 Å². The molecule has 0 unspecified atom stereocenters. The van der Waals surface area contributed by atoms with Gasteiger partial charge >= 0.3 is 0 Å². The van der Waals surface area contributed by atoms with Gasteiger partial charge in [0, 0.05) is 23.5 Å². The molecule has 3 aromatic rings.